The summed E-state index contributed by atoms with van der Waals surface area (Å²) in [6.07, 6.45) is 0. The number of nitro groups is 1. The summed E-state index contributed by atoms with van der Waals surface area (Å²) in [5.74, 6) is -0.937. The van der Waals surface area contributed by atoms with Crippen LogP contribution in [0.2, 0.25) is 0 Å². The van der Waals surface area contributed by atoms with E-state index in [1.54, 1.807) is 6.07 Å². The van der Waals surface area contributed by atoms with Crippen molar-refractivity contribution in [2.24, 2.45) is 0 Å². The zero-order chi connectivity index (χ0) is 13.0. The summed E-state index contributed by atoms with van der Waals surface area (Å²) in [4.78, 5) is 21.5. The number of methoxy groups -OCH3 is 2. The van der Waals surface area contributed by atoms with Crippen molar-refractivity contribution in [1.29, 1.82) is 5.26 Å². The summed E-state index contributed by atoms with van der Waals surface area (Å²) in [5, 5.41) is 19.6. The largest absolute Gasteiger partial charge is 0.496 e. The Morgan fingerprint density at radius 2 is 2.12 bits per heavy atom. The molecular weight excluding hydrogens is 228 g/mol. The van der Waals surface area contributed by atoms with E-state index in [0.29, 0.717) is 0 Å². The minimum atomic E-state index is -0.925. The summed E-state index contributed by atoms with van der Waals surface area (Å²) in [5.41, 5.74) is -1.20. The van der Waals surface area contributed by atoms with Gasteiger partial charge in [0, 0.05) is 0 Å². The number of ether oxygens (including phenoxy) is 2. The van der Waals surface area contributed by atoms with Crippen LogP contribution in [0.25, 0.3) is 0 Å². The monoisotopic (exact) mass is 236 g/mol. The molecule has 1 aromatic rings. The molecule has 7 heteroatoms. The van der Waals surface area contributed by atoms with Crippen molar-refractivity contribution in [3.63, 3.8) is 0 Å². The molecule has 0 aliphatic carbocycles. The van der Waals surface area contributed by atoms with Crippen molar-refractivity contribution in [1.82, 2.24) is 0 Å². The summed E-state index contributed by atoms with van der Waals surface area (Å²) in [7, 11) is 2.35. The van der Waals surface area contributed by atoms with E-state index in [1.165, 1.54) is 19.2 Å². The fraction of sp³-hybridized carbons (Fsp3) is 0.200. The van der Waals surface area contributed by atoms with Crippen LogP contribution in [0.4, 0.5) is 5.69 Å². The van der Waals surface area contributed by atoms with Gasteiger partial charge >= 0.3 is 11.7 Å². The molecule has 88 valence electrons. The standard InChI is InChI=1S/C10H8N2O5/c1-16-7-4-3-6(5-11)9(12(14)15)8(7)10(13)17-2/h3-4H,1-2H3. The van der Waals surface area contributed by atoms with Gasteiger partial charge in [0.05, 0.1) is 19.1 Å². The Labute approximate surface area is 96.3 Å². The minimum absolute atomic E-state index is 0.0115. The van der Waals surface area contributed by atoms with E-state index in [4.69, 9.17) is 10.00 Å². The van der Waals surface area contributed by atoms with Crippen LogP contribution in [0.15, 0.2) is 12.1 Å². The molecule has 0 fully saturated rings. The smallest absolute Gasteiger partial charge is 0.348 e. The van der Waals surface area contributed by atoms with Crippen LogP contribution in [-0.4, -0.2) is 25.1 Å². The third-order valence-corrected chi connectivity index (χ3v) is 2.05. The number of carbonyl (C=O) groups is 1. The zero-order valence-corrected chi connectivity index (χ0v) is 9.09. The summed E-state index contributed by atoms with van der Waals surface area (Å²) >= 11 is 0. The molecule has 0 spiro atoms. The fourth-order valence-corrected chi connectivity index (χ4v) is 1.32. The van der Waals surface area contributed by atoms with Crippen LogP contribution in [0.5, 0.6) is 5.75 Å². The molecule has 0 aliphatic rings. The van der Waals surface area contributed by atoms with E-state index < -0.39 is 16.6 Å². The van der Waals surface area contributed by atoms with Gasteiger partial charge in [0.15, 0.2) is 5.56 Å². The lowest BCUT2D eigenvalue weighted by molar-refractivity contribution is -0.385. The first-order valence-electron chi connectivity index (χ1n) is 4.40. The van der Waals surface area contributed by atoms with Crippen molar-refractivity contribution in [3.05, 3.63) is 33.4 Å². The quantitative estimate of drug-likeness (QED) is 0.444. The number of carbonyl (C=O) groups excluding carboxylic acids is 1. The molecule has 17 heavy (non-hydrogen) atoms. The molecule has 0 aliphatic heterocycles. The molecule has 0 radical (unpaired) electrons. The molecule has 0 saturated heterocycles. The second-order valence-electron chi connectivity index (χ2n) is 2.90. The van der Waals surface area contributed by atoms with Crippen molar-refractivity contribution < 1.29 is 19.2 Å². The van der Waals surface area contributed by atoms with Crippen LogP contribution in [-0.2, 0) is 4.74 Å². The second-order valence-corrected chi connectivity index (χ2v) is 2.90. The van der Waals surface area contributed by atoms with Crippen LogP contribution >= 0.6 is 0 Å². The van der Waals surface area contributed by atoms with Gasteiger partial charge < -0.3 is 9.47 Å². The highest BCUT2D eigenvalue weighted by Gasteiger charge is 2.29. The summed E-state index contributed by atoms with van der Waals surface area (Å²) < 4.78 is 9.28. The zero-order valence-electron chi connectivity index (χ0n) is 9.09. The predicted octanol–water partition coefficient (Wildman–Crippen LogP) is 1.26. The highest BCUT2D eigenvalue weighted by atomic mass is 16.6. The molecule has 1 aromatic carbocycles. The molecule has 0 N–H and O–H groups in total. The molecule has 0 bridgehead atoms. The number of nitriles is 1. The van der Waals surface area contributed by atoms with Crippen LogP contribution in [0, 0.1) is 21.4 Å². The van der Waals surface area contributed by atoms with Gasteiger partial charge in [-0.1, -0.05) is 0 Å². The maximum atomic E-state index is 11.5. The molecule has 0 saturated carbocycles. The van der Waals surface area contributed by atoms with Crippen LogP contribution in [0.3, 0.4) is 0 Å². The fourth-order valence-electron chi connectivity index (χ4n) is 1.32. The molecule has 0 unspecified atom stereocenters. The lowest BCUT2D eigenvalue weighted by atomic mass is 10.1. The average Bonchev–Trinajstić information content (AvgIpc) is 2.35. The SMILES string of the molecule is COC(=O)c1c(OC)ccc(C#N)c1[N+](=O)[O-]. The van der Waals surface area contributed by atoms with E-state index in [0.717, 1.165) is 7.11 Å². The van der Waals surface area contributed by atoms with Gasteiger partial charge in [-0.2, -0.15) is 5.26 Å². The van der Waals surface area contributed by atoms with Gasteiger partial charge in [-0.05, 0) is 12.1 Å². The third kappa shape index (κ3) is 2.15. The topological polar surface area (TPSA) is 102 Å². The third-order valence-electron chi connectivity index (χ3n) is 2.05. The maximum Gasteiger partial charge on any atom is 0.348 e. The maximum absolute atomic E-state index is 11.5. The van der Waals surface area contributed by atoms with Crippen molar-refractivity contribution >= 4 is 11.7 Å². The van der Waals surface area contributed by atoms with Crippen molar-refractivity contribution in [2.75, 3.05) is 14.2 Å². The van der Waals surface area contributed by atoms with Gasteiger partial charge in [0.25, 0.3) is 0 Å². The number of nitro benzene ring substituents is 1. The molecule has 0 heterocycles. The Morgan fingerprint density at radius 1 is 1.47 bits per heavy atom. The molecular formula is C10H8N2O5. The van der Waals surface area contributed by atoms with E-state index >= 15 is 0 Å². The molecule has 0 atom stereocenters. The van der Waals surface area contributed by atoms with E-state index in [9.17, 15) is 14.9 Å². The summed E-state index contributed by atoms with van der Waals surface area (Å²) in [6.45, 7) is 0. The molecule has 7 nitrogen and oxygen atoms in total. The highest BCUT2D eigenvalue weighted by molar-refractivity contribution is 5.98. The predicted molar refractivity (Wildman–Crippen MR) is 55.7 cm³/mol. The molecule has 0 amide bonds. The van der Waals surface area contributed by atoms with Crippen LogP contribution in [0.1, 0.15) is 15.9 Å². The average molecular weight is 236 g/mol. The lowest BCUT2D eigenvalue weighted by Crippen LogP contribution is -2.09. The van der Waals surface area contributed by atoms with E-state index in [1.807, 2.05) is 0 Å². The summed E-state index contributed by atoms with van der Waals surface area (Å²) in [6, 6.07) is 4.16. The Kier molecular flexibility index (Phi) is 3.62. The van der Waals surface area contributed by atoms with Gasteiger partial charge in [-0.3, -0.25) is 10.1 Å². The number of hydrogen-bond acceptors (Lipinski definition) is 6. The molecule has 0 aromatic heterocycles. The van der Waals surface area contributed by atoms with Crippen molar-refractivity contribution in [3.8, 4) is 11.8 Å². The van der Waals surface area contributed by atoms with Gasteiger partial charge in [0.2, 0.25) is 0 Å². The van der Waals surface area contributed by atoms with Gasteiger partial charge in [0.1, 0.15) is 17.4 Å². The first-order valence-corrected chi connectivity index (χ1v) is 4.40. The Balaban J connectivity index is 3.65. The molecule has 1 rings (SSSR count). The lowest BCUT2D eigenvalue weighted by Gasteiger charge is -2.07. The van der Waals surface area contributed by atoms with Crippen molar-refractivity contribution in [2.45, 2.75) is 0 Å². The Bertz CT molecular complexity index is 518. The first-order chi connectivity index (χ1) is 8.06. The minimum Gasteiger partial charge on any atom is -0.496 e. The Morgan fingerprint density at radius 3 is 2.53 bits per heavy atom. The number of hydrogen-bond donors (Lipinski definition) is 0. The number of rotatable bonds is 3. The normalized spacial score (nSPS) is 9.24. The first kappa shape index (κ1) is 12.4. The number of nitrogens with zero attached hydrogens (tertiary/aromatic N) is 2. The number of benzene rings is 1. The number of esters is 1. The Hall–Kier alpha value is -2.62. The highest BCUT2D eigenvalue weighted by Crippen LogP contribution is 2.32. The van der Waals surface area contributed by atoms with Crippen LogP contribution < -0.4 is 4.74 Å². The van der Waals surface area contributed by atoms with E-state index in [2.05, 4.69) is 4.74 Å². The second kappa shape index (κ2) is 4.94. The van der Waals surface area contributed by atoms with Gasteiger partial charge in [-0.15, -0.1) is 0 Å². The van der Waals surface area contributed by atoms with Gasteiger partial charge in [-0.25, -0.2) is 4.79 Å². The van der Waals surface area contributed by atoms with E-state index in [-0.39, 0.29) is 16.9 Å².